The Balaban J connectivity index is 1.61. The summed E-state index contributed by atoms with van der Waals surface area (Å²) >= 11 is 0. The Morgan fingerprint density at radius 1 is 1.04 bits per heavy atom. The first-order valence-electron chi connectivity index (χ1n) is 8.93. The number of hydrogen-bond acceptors (Lipinski definition) is 7. The van der Waals surface area contributed by atoms with E-state index in [0.29, 0.717) is 29.5 Å². The first-order valence-corrected chi connectivity index (χ1v) is 10.6. The molecule has 0 amide bonds. The molecular formula is C20H22N4O3S. The van der Waals surface area contributed by atoms with Gasteiger partial charge in [0.1, 0.15) is 12.9 Å². The Labute approximate surface area is 164 Å². The van der Waals surface area contributed by atoms with Crippen molar-refractivity contribution in [2.24, 2.45) is 0 Å². The Hall–Kier alpha value is -2.87. The van der Waals surface area contributed by atoms with Crippen LogP contribution >= 0.6 is 0 Å². The molecule has 0 aliphatic heterocycles. The standard InChI is InChI=1S/C20H22N4O3S/c1-25-18-9-16-17(10-19(18)26-2)23-12-24-20(16)27-11-13-4-3-5-15(8-13)28(21,22)14-6-7-14/h3-5,8-10,12,14,21-22H,6-7,11H2,1-2H3. The average molecular weight is 398 g/mol. The predicted octanol–water partition coefficient (Wildman–Crippen LogP) is 4.43. The molecule has 28 heavy (non-hydrogen) atoms. The van der Waals surface area contributed by atoms with Crippen LogP contribution in [0.3, 0.4) is 0 Å². The molecule has 1 aliphatic carbocycles. The van der Waals surface area contributed by atoms with E-state index in [9.17, 15) is 0 Å². The van der Waals surface area contributed by atoms with Crippen molar-refractivity contribution in [3.05, 3.63) is 48.3 Å². The van der Waals surface area contributed by atoms with Gasteiger partial charge >= 0.3 is 0 Å². The van der Waals surface area contributed by atoms with E-state index in [2.05, 4.69) is 9.97 Å². The molecular weight excluding hydrogens is 376 g/mol. The Morgan fingerprint density at radius 2 is 1.79 bits per heavy atom. The second kappa shape index (κ2) is 7.27. The van der Waals surface area contributed by atoms with Crippen LogP contribution in [-0.2, 0) is 16.2 Å². The quantitative estimate of drug-likeness (QED) is 0.613. The van der Waals surface area contributed by atoms with E-state index in [1.54, 1.807) is 26.4 Å². The van der Waals surface area contributed by atoms with Gasteiger partial charge in [0.05, 0.1) is 25.1 Å². The van der Waals surface area contributed by atoms with Gasteiger partial charge in [0.15, 0.2) is 11.5 Å². The fraction of sp³-hybridized carbons (Fsp3) is 0.300. The van der Waals surface area contributed by atoms with Gasteiger partial charge in [-0.2, -0.15) is 0 Å². The first-order chi connectivity index (χ1) is 13.5. The molecule has 0 atom stereocenters. The van der Waals surface area contributed by atoms with E-state index in [4.69, 9.17) is 23.8 Å². The van der Waals surface area contributed by atoms with Crippen molar-refractivity contribution >= 4 is 20.5 Å². The largest absolute Gasteiger partial charge is 0.493 e. The SMILES string of the molecule is COc1cc2ncnc(OCc3cccc(S(=N)(=N)C4CC4)c3)c2cc1OC. The third-order valence-electron chi connectivity index (χ3n) is 4.77. The topological polar surface area (TPSA) is 101 Å². The highest BCUT2D eigenvalue weighted by Crippen LogP contribution is 2.36. The smallest absolute Gasteiger partial charge is 0.224 e. The molecule has 1 heterocycles. The van der Waals surface area contributed by atoms with Gasteiger partial charge in [0, 0.05) is 16.2 Å². The lowest BCUT2D eigenvalue weighted by Crippen LogP contribution is -2.05. The molecule has 0 spiro atoms. The van der Waals surface area contributed by atoms with Gasteiger partial charge in [0.2, 0.25) is 5.88 Å². The number of benzene rings is 2. The first kappa shape index (κ1) is 18.5. The zero-order valence-electron chi connectivity index (χ0n) is 15.8. The summed E-state index contributed by atoms with van der Waals surface area (Å²) in [4.78, 5) is 9.33. The van der Waals surface area contributed by atoms with Crippen molar-refractivity contribution in [1.82, 2.24) is 9.97 Å². The molecule has 0 bridgehead atoms. The Kier molecular flexibility index (Phi) is 4.80. The van der Waals surface area contributed by atoms with Crippen molar-refractivity contribution in [2.75, 3.05) is 14.2 Å². The lowest BCUT2D eigenvalue weighted by molar-refractivity contribution is 0.297. The van der Waals surface area contributed by atoms with Crippen LogP contribution in [0.5, 0.6) is 17.4 Å². The van der Waals surface area contributed by atoms with Crippen LogP contribution in [0.25, 0.3) is 10.9 Å². The molecule has 1 saturated carbocycles. The summed E-state index contributed by atoms with van der Waals surface area (Å²) in [5.74, 6) is 1.63. The van der Waals surface area contributed by atoms with Crippen LogP contribution in [0.15, 0.2) is 47.6 Å². The van der Waals surface area contributed by atoms with Gasteiger partial charge in [-0.25, -0.2) is 9.97 Å². The third-order valence-corrected chi connectivity index (χ3v) is 7.24. The van der Waals surface area contributed by atoms with Crippen molar-refractivity contribution in [2.45, 2.75) is 29.6 Å². The van der Waals surface area contributed by atoms with E-state index < -0.39 is 9.62 Å². The number of ether oxygens (including phenoxy) is 3. The minimum atomic E-state index is -2.23. The summed E-state index contributed by atoms with van der Waals surface area (Å²) in [5, 5.41) is 0.937. The molecule has 1 fully saturated rings. The van der Waals surface area contributed by atoms with E-state index in [-0.39, 0.29) is 5.25 Å². The number of hydrogen-bond donors (Lipinski definition) is 2. The number of aromatic nitrogens is 2. The number of rotatable bonds is 7. The second-order valence-corrected chi connectivity index (χ2v) is 9.16. The van der Waals surface area contributed by atoms with Crippen LogP contribution in [0.4, 0.5) is 0 Å². The molecule has 3 aromatic rings. The fourth-order valence-electron chi connectivity index (χ4n) is 3.08. The van der Waals surface area contributed by atoms with Crippen molar-refractivity contribution in [1.29, 1.82) is 9.56 Å². The molecule has 2 aromatic carbocycles. The number of methoxy groups -OCH3 is 2. The van der Waals surface area contributed by atoms with E-state index >= 15 is 0 Å². The molecule has 4 rings (SSSR count). The molecule has 0 unspecified atom stereocenters. The number of nitrogens with zero attached hydrogens (tertiary/aromatic N) is 2. The molecule has 8 heteroatoms. The average Bonchev–Trinajstić information content (AvgIpc) is 3.57. The highest BCUT2D eigenvalue weighted by molar-refractivity contribution is 7.94. The molecule has 146 valence electrons. The lowest BCUT2D eigenvalue weighted by Gasteiger charge is -2.13. The van der Waals surface area contributed by atoms with Crippen LogP contribution in [-0.4, -0.2) is 29.4 Å². The second-order valence-electron chi connectivity index (χ2n) is 6.70. The van der Waals surface area contributed by atoms with Gasteiger partial charge < -0.3 is 14.2 Å². The van der Waals surface area contributed by atoms with Crippen LogP contribution in [0.1, 0.15) is 18.4 Å². The molecule has 1 aliphatic rings. The fourth-order valence-corrected chi connectivity index (χ4v) is 4.93. The Bertz CT molecular complexity index is 1130. The summed E-state index contributed by atoms with van der Waals surface area (Å²) in [6.07, 6.45) is 3.43. The predicted molar refractivity (Wildman–Crippen MR) is 108 cm³/mol. The van der Waals surface area contributed by atoms with Gasteiger partial charge in [-0.3, -0.25) is 9.56 Å². The van der Waals surface area contributed by atoms with E-state index in [1.807, 2.05) is 24.3 Å². The van der Waals surface area contributed by atoms with Crippen LogP contribution < -0.4 is 14.2 Å². The highest BCUT2D eigenvalue weighted by Gasteiger charge is 2.30. The minimum absolute atomic E-state index is 0.205. The van der Waals surface area contributed by atoms with E-state index in [0.717, 1.165) is 28.7 Å². The Morgan fingerprint density at radius 3 is 2.50 bits per heavy atom. The summed E-state index contributed by atoms with van der Waals surface area (Å²) in [5.41, 5.74) is 1.62. The number of nitrogens with one attached hydrogen (secondary N) is 2. The van der Waals surface area contributed by atoms with Gasteiger partial charge in [0.25, 0.3) is 0 Å². The van der Waals surface area contributed by atoms with Gasteiger partial charge in [-0.05, 0) is 46.2 Å². The lowest BCUT2D eigenvalue weighted by atomic mass is 10.2. The monoisotopic (exact) mass is 398 g/mol. The zero-order valence-corrected chi connectivity index (χ0v) is 16.6. The highest BCUT2D eigenvalue weighted by atomic mass is 32.2. The van der Waals surface area contributed by atoms with Crippen molar-refractivity contribution in [3.63, 3.8) is 0 Å². The summed E-state index contributed by atoms with van der Waals surface area (Å²) in [7, 11) is 0.926. The molecule has 7 nitrogen and oxygen atoms in total. The van der Waals surface area contributed by atoms with Gasteiger partial charge in [-0.1, -0.05) is 12.1 Å². The van der Waals surface area contributed by atoms with Crippen LogP contribution in [0.2, 0.25) is 0 Å². The minimum Gasteiger partial charge on any atom is -0.493 e. The maximum Gasteiger partial charge on any atom is 0.224 e. The molecule has 0 saturated heterocycles. The van der Waals surface area contributed by atoms with E-state index in [1.165, 1.54) is 6.33 Å². The third kappa shape index (κ3) is 3.47. The maximum absolute atomic E-state index is 8.43. The van der Waals surface area contributed by atoms with Crippen LogP contribution in [0, 0.1) is 9.56 Å². The van der Waals surface area contributed by atoms with Crippen molar-refractivity contribution < 1.29 is 14.2 Å². The summed E-state index contributed by atoms with van der Waals surface area (Å²) in [6, 6.07) is 11.2. The van der Waals surface area contributed by atoms with Crippen molar-refractivity contribution in [3.8, 4) is 17.4 Å². The summed E-state index contributed by atoms with van der Waals surface area (Å²) in [6.45, 7) is 0.300. The molecule has 0 radical (unpaired) electrons. The molecule has 2 N–H and O–H groups in total. The summed E-state index contributed by atoms with van der Waals surface area (Å²) < 4.78 is 33.5. The molecule has 1 aromatic heterocycles. The normalized spacial score (nSPS) is 14.1. The van der Waals surface area contributed by atoms with Gasteiger partial charge in [-0.15, -0.1) is 0 Å². The zero-order chi connectivity index (χ0) is 19.7. The number of fused-ring (bicyclic) bond motifs is 1. The maximum atomic E-state index is 8.43.